The van der Waals surface area contributed by atoms with Crippen LogP contribution in [0.25, 0.3) is 0 Å². The summed E-state index contributed by atoms with van der Waals surface area (Å²) in [7, 11) is 0. The van der Waals surface area contributed by atoms with Gasteiger partial charge < -0.3 is 10.4 Å². The fourth-order valence-corrected chi connectivity index (χ4v) is 1.88. The maximum Gasteiger partial charge on any atom is 0.259 e. The van der Waals surface area contributed by atoms with Gasteiger partial charge in [0.15, 0.2) is 0 Å². The molecule has 2 aromatic rings. The molecule has 2 aromatic carbocycles. The lowest BCUT2D eigenvalue weighted by Crippen LogP contribution is -2.35. The van der Waals surface area contributed by atoms with Crippen molar-refractivity contribution in [2.75, 3.05) is 6.54 Å². The summed E-state index contributed by atoms with van der Waals surface area (Å²) in [5.74, 6) is -1.81. The highest BCUT2D eigenvalue weighted by atomic mass is 19.1. The molecular formula is C17H16FN3O3. The first-order valence-electron chi connectivity index (χ1n) is 7.12. The number of nitrogens with one attached hydrogen (secondary N) is 2. The molecule has 124 valence electrons. The zero-order chi connectivity index (χ0) is 17.5. The van der Waals surface area contributed by atoms with Gasteiger partial charge in [0.05, 0.1) is 17.8 Å². The van der Waals surface area contributed by atoms with Crippen molar-refractivity contribution in [2.24, 2.45) is 5.10 Å². The highest BCUT2D eigenvalue weighted by Gasteiger charge is 2.11. The highest BCUT2D eigenvalue weighted by Crippen LogP contribution is 2.11. The van der Waals surface area contributed by atoms with Crippen LogP contribution in [0.15, 0.2) is 53.6 Å². The Hall–Kier alpha value is -3.22. The molecule has 24 heavy (non-hydrogen) atoms. The number of carbonyl (C=O) groups is 2. The van der Waals surface area contributed by atoms with E-state index in [9.17, 15) is 19.1 Å². The summed E-state index contributed by atoms with van der Waals surface area (Å²) in [5, 5.41) is 15.6. The van der Waals surface area contributed by atoms with Crippen LogP contribution < -0.4 is 10.7 Å². The fraction of sp³-hybridized carbons (Fsp3) is 0.118. The molecule has 0 aromatic heterocycles. The number of aromatic hydroxyl groups is 1. The van der Waals surface area contributed by atoms with Gasteiger partial charge in [-0.3, -0.25) is 9.59 Å². The van der Waals surface area contributed by atoms with Gasteiger partial charge in [0.2, 0.25) is 0 Å². The van der Waals surface area contributed by atoms with Gasteiger partial charge in [-0.15, -0.1) is 0 Å². The number of amides is 2. The molecule has 7 heteroatoms. The van der Waals surface area contributed by atoms with Crippen molar-refractivity contribution >= 4 is 17.5 Å². The van der Waals surface area contributed by atoms with Crippen LogP contribution in [0.2, 0.25) is 0 Å². The summed E-state index contributed by atoms with van der Waals surface area (Å²) in [6.45, 7) is 1.32. The third-order valence-electron chi connectivity index (χ3n) is 3.14. The molecule has 0 aliphatic heterocycles. The highest BCUT2D eigenvalue weighted by molar-refractivity contribution is 6.00. The van der Waals surface area contributed by atoms with Gasteiger partial charge in [-0.2, -0.15) is 5.10 Å². The zero-order valence-electron chi connectivity index (χ0n) is 12.9. The number of phenols is 1. The minimum absolute atomic E-state index is 0.0885. The zero-order valence-corrected chi connectivity index (χ0v) is 12.9. The summed E-state index contributed by atoms with van der Waals surface area (Å²) >= 11 is 0. The van der Waals surface area contributed by atoms with Crippen LogP contribution in [0.3, 0.4) is 0 Å². The SMILES string of the molecule is C/C(=N/NC(=O)CNC(=O)c1ccccc1F)c1cccc(O)c1. The van der Waals surface area contributed by atoms with E-state index in [2.05, 4.69) is 15.8 Å². The van der Waals surface area contributed by atoms with Crippen molar-refractivity contribution in [3.8, 4) is 5.75 Å². The van der Waals surface area contributed by atoms with E-state index in [1.54, 1.807) is 19.1 Å². The van der Waals surface area contributed by atoms with Crippen molar-refractivity contribution in [1.82, 2.24) is 10.7 Å². The Balaban J connectivity index is 1.88. The van der Waals surface area contributed by atoms with Crippen molar-refractivity contribution in [1.29, 1.82) is 0 Å². The minimum Gasteiger partial charge on any atom is -0.508 e. The first kappa shape index (κ1) is 17.1. The van der Waals surface area contributed by atoms with E-state index in [-0.39, 0.29) is 17.9 Å². The number of halogens is 1. The lowest BCUT2D eigenvalue weighted by Gasteiger charge is -2.06. The van der Waals surface area contributed by atoms with Crippen molar-refractivity contribution in [2.45, 2.75) is 6.92 Å². The lowest BCUT2D eigenvalue weighted by atomic mass is 10.1. The molecule has 0 saturated heterocycles. The second kappa shape index (κ2) is 7.87. The van der Waals surface area contributed by atoms with E-state index < -0.39 is 17.6 Å². The molecule has 0 unspecified atom stereocenters. The lowest BCUT2D eigenvalue weighted by molar-refractivity contribution is -0.120. The van der Waals surface area contributed by atoms with Crippen LogP contribution in [0.5, 0.6) is 5.75 Å². The Kier molecular flexibility index (Phi) is 5.62. The third-order valence-corrected chi connectivity index (χ3v) is 3.14. The fourth-order valence-electron chi connectivity index (χ4n) is 1.88. The monoisotopic (exact) mass is 329 g/mol. The van der Waals surface area contributed by atoms with E-state index in [4.69, 9.17) is 0 Å². The number of rotatable bonds is 5. The number of carbonyl (C=O) groups excluding carboxylic acids is 2. The Bertz CT molecular complexity index is 790. The Labute approximate surface area is 138 Å². The number of phenolic OH excluding ortho intramolecular Hbond substituents is 1. The number of hydrazone groups is 1. The topological polar surface area (TPSA) is 90.8 Å². The maximum absolute atomic E-state index is 13.4. The van der Waals surface area contributed by atoms with Crippen LogP contribution in [0.4, 0.5) is 4.39 Å². The van der Waals surface area contributed by atoms with Gasteiger partial charge >= 0.3 is 0 Å². The molecule has 0 aliphatic carbocycles. The summed E-state index contributed by atoms with van der Waals surface area (Å²) in [6, 6.07) is 11.9. The first-order valence-corrected chi connectivity index (χ1v) is 7.12. The molecule has 2 amide bonds. The number of nitrogens with zero attached hydrogens (tertiary/aromatic N) is 1. The molecular weight excluding hydrogens is 313 g/mol. The summed E-state index contributed by atoms with van der Waals surface area (Å²) < 4.78 is 13.4. The van der Waals surface area contributed by atoms with Gasteiger partial charge in [0.1, 0.15) is 11.6 Å². The predicted octanol–water partition coefficient (Wildman–Crippen LogP) is 1.80. The number of benzene rings is 2. The Morgan fingerprint density at radius 2 is 1.92 bits per heavy atom. The smallest absolute Gasteiger partial charge is 0.259 e. The van der Waals surface area contributed by atoms with Crippen molar-refractivity contribution < 1.29 is 19.1 Å². The van der Waals surface area contributed by atoms with Gasteiger partial charge in [0, 0.05) is 5.56 Å². The van der Waals surface area contributed by atoms with Crippen molar-refractivity contribution in [3.05, 3.63) is 65.5 Å². The molecule has 0 atom stereocenters. The molecule has 0 spiro atoms. The van der Waals surface area contributed by atoms with Crippen LogP contribution in [0.1, 0.15) is 22.8 Å². The summed E-state index contributed by atoms with van der Waals surface area (Å²) in [5.41, 5.74) is 3.28. The van der Waals surface area contributed by atoms with Crippen molar-refractivity contribution in [3.63, 3.8) is 0 Å². The molecule has 0 bridgehead atoms. The molecule has 0 heterocycles. The molecule has 6 nitrogen and oxygen atoms in total. The van der Waals surface area contributed by atoms with Gasteiger partial charge in [-0.05, 0) is 31.2 Å². The van der Waals surface area contributed by atoms with Gasteiger partial charge in [-0.1, -0.05) is 24.3 Å². The number of hydrogen-bond donors (Lipinski definition) is 3. The second-order valence-electron chi connectivity index (χ2n) is 4.95. The van der Waals surface area contributed by atoms with Crippen LogP contribution in [0, 0.1) is 5.82 Å². The summed E-state index contributed by atoms with van der Waals surface area (Å²) in [6.07, 6.45) is 0. The average molecular weight is 329 g/mol. The predicted molar refractivity (Wildman–Crippen MR) is 87.2 cm³/mol. The maximum atomic E-state index is 13.4. The quantitative estimate of drug-likeness (QED) is 0.577. The molecule has 0 aliphatic rings. The van der Waals surface area contributed by atoms with E-state index in [1.807, 2.05) is 0 Å². The molecule has 0 saturated carbocycles. The van der Waals surface area contributed by atoms with Crippen LogP contribution in [-0.2, 0) is 4.79 Å². The summed E-state index contributed by atoms with van der Waals surface area (Å²) in [4.78, 5) is 23.5. The van der Waals surface area contributed by atoms with Crippen LogP contribution >= 0.6 is 0 Å². The third kappa shape index (κ3) is 4.64. The van der Waals surface area contributed by atoms with Gasteiger partial charge in [0.25, 0.3) is 11.8 Å². The average Bonchev–Trinajstić information content (AvgIpc) is 2.58. The minimum atomic E-state index is -0.683. The van der Waals surface area contributed by atoms with E-state index >= 15 is 0 Å². The Morgan fingerprint density at radius 1 is 1.17 bits per heavy atom. The number of hydrogen-bond acceptors (Lipinski definition) is 4. The normalized spacial score (nSPS) is 11.0. The molecule has 2 rings (SSSR count). The first-order chi connectivity index (χ1) is 11.5. The van der Waals surface area contributed by atoms with E-state index in [0.29, 0.717) is 11.3 Å². The largest absolute Gasteiger partial charge is 0.508 e. The standard InChI is InChI=1S/C17H16FN3O3/c1-11(12-5-4-6-13(22)9-12)20-21-16(23)10-19-17(24)14-7-2-3-8-15(14)18/h2-9,22H,10H2,1H3,(H,19,24)(H,21,23)/b20-11-. The second-order valence-corrected chi connectivity index (χ2v) is 4.95. The van der Waals surface area contributed by atoms with Crippen LogP contribution in [-0.4, -0.2) is 29.2 Å². The molecule has 0 radical (unpaired) electrons. The molecule has 3 N–H and O–H groups in total. The van der Waals surface area contributed by atoms with Gasteiger partial charge in [-0.25, -0.2) is 9.82 Å². The Morgan fingerprint density at radius 3 is 2.62 bits per heavy atom. The molecule has 0 fully saturated rings. The van der Waals surface area contributed by atoms with E-state index in [0.717, 1.165) is 6.07 Å². The van der Waals surface area contributed by atoms with E-state index in [1.165, 1.54) is 30.3 Å².